The van der Waals surface area contributed by atoms with Gasteiger partial charge in [0.1, 0.15) is 0 Å². The predicted octanol–water partition coefficient (Wildman–Crippen LogP) is 4.16. The van der Waals surface area contributed by atoms with E-state index >= 15 is 0 Å². The first-order valence-electron chi connectivity index (χ1n) is 6.64. The van der Waals surface area contributed by atoms with Crippen LogP contribution in [0.15, 0.2) is 18.2 Å². The van der Waals surface area contributed by atoms with Gasteiger partial charge in [0.05, 0.1) is 11.1 Å². The molecule has 0 saturated carbocycles. The number of nitrogens with zero attached hydrogens (tertiary/aromatic N) is 1. The average Bonchev–Trinajstić information content (AvgIpc) is 2.37. The summed E-state index contributed by atoms with van der Waals surface area (Å²) in [4.78, 5) is 0. The summed E-state index contributed by atoms with van der Waals surface area (Å²) >= 11 is 0. The SMILES string of the molecule is CC(C)(C)c1ccc2c(c1)C(C)(C)N(O)C2(C)C. The molecule has 1 heterocycles. The van der Waals surface area contributed by atoms with Gasteiger partial charge in [-0.2, -0.15) is 5.06 Å². The van der Waals surface area contributed by atoms with Crippen molar-refractivity contribution >= 4 is 0 Å². The summed E-state index contributed by atoms with van der Waals surface area (Å²) in [6, 6.07) is 6.62. The molecule has 2 heteroatoms. The van der Waals surface area contributed by atoms with Crippen LogP contribution < -0.4 is 0 Å². The third-order valence-corrected chi connectivity index (χ3v) is 4.26. The Morgan fingerprint density at radius 1 is 0.944 bits per heavy atom. The van der Waals surface area contributed by atoms with Crippen molar-refractivity contribution in [2.75, 3.05) is 0 Å². The maximum atomic E-state index is 10.4. The maximum Gasteiger partial charge on any atom is 0.0665 e. The van der Waals surface area contributed by atoms with Gasteiger partial charge in [0.25, 0.3) is 0 Å². The van der Waals surface area contributed by atoms with Crippen molar-refractivity contribution in [3.8, 4) is 0 Å². The fraction of sp³-hybridized carbons (Fsp3) is 0.625. The third-order valence-electron chi connectivity index (χ3n) is 4.26. The Hall–Kier alpha value is -0.860. The Kier molecular flexibility index (Phi) is 2.70. The molecule has 0 saturated heterocycles. The van der Waals surface area contributed by atoms with Crippen LogP contribution in [0.4, 0.5) is 0 Å². The summed E-state index contributed by atoms with van der Waals surface area (Å²) in [6.07, 6.45) is 0. The Morgan fingerprint density at radius 2 is 1.44 bits per heavy atom. The molecule has 1 N–H and O–H groups in total. The molecule has 1 aromatic carbocycles. The van der Waals surface area contributed by atoms with Crippen LogP contribution in [0.5, 0.6) is 0 Å². The van der Waals surface area contributed by atoms with Crippen LogP contribution in [0.2, 0.25) is 0 Å². The van der Waals surface area contributed by atoms with Gasteiger partial charge in [-0.25, -0.2) is 0 Å². The lowest BCUT2D eigenvalue weighted by molar-refractivity contribution is -0.216. The second-order valence-electron chi connectivity index (χ2n) is 7.44. The normalized spacial score (nSPS) is 22.0. The zero-order valence-electron chi connectivity index (χ0n) is 12.6. The van der Waals surface area contributed by atoms with Crippen LogP contribution in [0.1, 0.15) is 65.2 Å². The topological polar surface area (TPSA) is 23.5 Å². The van der Waals surface area contributed by atoms with E-state index < -0.39 is 0 Å². The van der Waals surface area contributed by atoms with E-state index in [1.165, 1.54) is 21.8 Å². The quantitative estimate of drug-likeness (QED) is 0.744. The van der Waals surface area contributed by atoms with E-state index in [4.69, 9.17) is 0 Å². The molecule has 0 bridgehead atoms. The first kappa shape index (κ1) is 13.6. The number of benzene rings is 1. The van der Waals surface area contributed by atoms with Gasteiger partial charge in [0.2, 0.25) is 0 Å². The van der Waals surface area contributed by atoms with E-state index in [-0.39, 0.29) is 16.5 Å². The van der Waals surface area contributed by atoms with Crippen LogP contribution in [0.25, 0.3) is 0 Å². The summed E-state index contributed by atoms with van der Waals surface area (Å²) in [7, 11) is 0. The molecular weight excluding hydrogens is 222 g/mol. The molecule has 1 aliphatic heterocycles. The second-order valence-corrected chi connectivity index (χ2v) is 7.44. The second kappa shape index (κ2) is 3.58. The molecule has 0 fully saturated rings. The first-order valence-corrected chi connectivity index (χ1v) is 6.64. The van der Waals surface area contributed by atoms with Gasteiger partial charge in [-0.05, 0) is 49.8 Å². The molecule has 18 heavy (non-hydrogen) atoms. The molecule has 0 unspecified atom stereocenters. The molecule has 2 nitrogen and oxygen atoms in total. The van der Waals surface area contributed by atoms with E-state index in [1.807, 2.05) is 0 Å². The molecule has 1 aromatic rings. The number of hydroxylamine groups is 2. The van der Waals surface area contributed by atoms with E-state index in [2.05, 4.69) is 66.7 Å². The molecule has 100 valence electrons. The van der Waals surface area contributed by atoms with Crippen molar-refractivity contribution in [1.29, 1.82) is 0 Å². The highest BCUT2D eigenvalue weighted by atomic mass is 16.5. The zero-order valence-corrected chi connectivity index (χ0v) is 12.6. The van der Waals surface area contributed by atoms with Crippen molar-refractivity contribution < 1.29 is 5.21 Å². The monoisotopic (exact) mass is 247 g/mol. The lowest BCUT2D eigenvalue weighted by Gasteiger charge is -2.34. The Labute approximate surface area is 111 Å². The third kappa shape index (κ3) is 1.70. The van der Waals surface area contributed by atoms with Crippen LogP contribution >= 0.6 is 0 Å². The van der Waals surface area contributed by atoms with Crippen LogP contribution in [0, 0.1) is 0 Å². The minimum atomic E-state index is -0.333. The lowest BCUT2D eigenvalue weighted by Crippen LogP contribution is -2.42. The van der Waals surface area contributed by atoms with E-state index in [9.17, 15) is 5.21 Å². The minimum absolute atomic E-state index is 0.137. The van der Waals surface area contributed by atoms with E-state index in [0.717, 1.165) is 0 Å². The highest BCUT2D eigenvalue weighted by Crippen LogP contribution is 2.48. The molecule has 0 radical (unpaired) electrons. The molecule has 2 rings (SSSR count). The van der Waals surface area contributed by atoms with Crippen molar-refractivity contribution in [2.24, 2.45) is 0 Å². The molecule has 0 aliphatic carbocycles. The number of rotatable bonds is 0. The largest absolute Gasteiger partial charge is 0.312 e. The van der Waals surface area contributed by atoms with Crippen molar-refractivity contribution in [3.63, 3.8) is 0 Å². The van der Waals surface area contributed by atoms with Gasteiger partial charge in [0.15, 0.2) is 0 Å². The van der Waals surface area contributed by atoms with Crippen LogP contribution in [0.3, 0.4) is 0 Å². The molecule has 0 spiro atoms. The maximum absolute atomic E-state index is 10.4. The van der Waals surface area contributed by atoms with Gasteiger partial charge in [-0.15, -0.1) is 0 Å². The fourth-order valence-electron chi connectivity index (χ4n) is 2.98. The lowest BCUT2D eigenvalue weighted by atomic mass is 9.81. The molecule has 0 atom stereocenters. The minimum Gasteiger partial charge on any atom is -0.312 e. The zero-order chi connectivity index (χ0) is 13.9. The van der Waals surface area contributed by atoms with Crippen molar-refractivity contribution in [1.82, 2.24) is 5.06 Å². The van der Waals surface area contributed by atoms with Crippen LogP contribution in [-0.2, 0) is 16.5 Å². The Morgan fingerprint density at radius 3 is 1.94 bits per heavy atom. The Balaban J connectivity index is 2.66. The standard InChI is InChI=1S/C16H25NO/c1-14(2,3)11-8-9-12-13(10-11)16(6,7)17(18)15(12,4)5/h8-10,18H,1-7H3. The average molecular weight is 247 g/mol. The van der Waals surface area contributed by atoms with Gasteiger partial charge >= 0.3 is 0 Å². The van der Waals surface area contributed by atoms with Crippen molar-refractivity contribution in [2.45, 2.75) is 65.0 Å². The molecule has 0 amide bonds. The summed E-state index contributed by atoms with van der Waals surface area (Å²) in [5.41, 5.74) is 3.26. The van der Waals surface area contributed by atoms with Gasteiger partial charge in [-0.1, -0.05) is 39.0 Å². The molecule has 0 aromatic heterocycles. The summed E-state index contributed by atoms with van der Waals surface area (Å²) in [5, 5.41) is 11.9. The summed E-state index contributed by atoms with van der Waals surface area (Å²) in [5.74, 6) is 0. The molecular formula is C16H25NO. The fourth-order valence-corrected chi connectivity index (χ4v) is 2.98. The highest BCUT2D eigenvalue weighted by Gasteiger charge is 2.48. The highest BCUT2D eigenvalue weighted by molar-refractivity contribution is 5.46. The van der Waals surface area contributed by atoms with E-state index in [0.29, 0.717) is 0 Å². The van der Waals surface area contributed by atoms with Crippen LogP contribution in [-0.4, -0.2) is 10.3 Å². The van der Waals surface area contributed by atoms with Gasteiger partial charge < -0.3 is 5.21 Å². The smallest absolute Gasteiger partial charge is 0.0665 e. The van der Waals surface area contributed by atoms with Gasteiger partial charge in [0, 0.05) is 0 Å². The van der Waals surface area contributed by atoms with Gasteiger partial charge in [-0.3, -0.25) is 0 Å². The summed E-state index contributed by atoms with van der Waals surface area (Å²) < 4.78 is 0. The predicted molar refractivity (Wildman–Crippen MR) is 74.8 cm³/mol. The van der Waals surface area contributed by atoms with Crippen molar-refractivity contribution in [3.05, 3.63) is 34.9 Å². The molecule has 1 aliphatic rings. The van der Waals surface area contributed by atoms with E-state index in [1.54, 1.807) is 0 Å². The first-order chi connectivity index (χ1) is 7.99. The number of hydrogen-bond donors (Lipinski definition) is 1. The number of hydrogen-bond acceptors (Lipinski definition) is 2. The summed E-state index contributed by atoms with van der Waals surface area (Å²) in [6.45, 7) is 14.9. The Bertz CT molecular complexity index is 480. The number of fused-ring (bicyclic) bond motifs is 1.